The molecule has 2 aromatic heterocycles. The number of thioether (sulfide) groups is 1. The van der Waals surface area contributed by atoms with Crippen LogP contribution in [0.2, 0.25) is 0 Å². The van der Waals surface area contributed by atoms with Gasteiger partial charge in [0.1, 0.15) is 23.4 Å². The van der Waals surface area contributed by atoms with E-state index in [1.165, 1.54) is 23.1 Å². The van der Waals surface area contributed by atoms with Gasteiger partial charge in [0.15, 0.2) is 11.0 Å². The Kier molecular flexibility index (Phi) is 6.68. The number of rotatable bonds is 8. The van der Waals surface area contributed by atoms with E-state index < -0.39 is 0 Å². The molecule has 0 aliphatic carbocycles. The zero-order valence-electron chi connectivity index (χ0n) is 15.5. The third-order valence-corrected chi connectivity index (χ3v) is 5.73. The van der Waals surface area contributed by atoms with Crippen molar-refractivity contribution >= 4 is 34.0 Å². The summed E-state index contributed by atoms with van der Waals surface area (Å²) in [5.74, 6) is 1.51. The monoisotopic (exact) mass is 413 g/mol. The lowest BCUT2D eigenvalue weighted by Crippen LogP contribution is -2.14. The van der Waals surface area contributed by atoms with Crippen LogP contribution in [0.15, 0.2) is 40.9 Å². The number of carbonyl (C=O) groups is 1. The number of nitriles is 1. The Bertz CT molecular complexity index is 1010. The molecule has 0 unspecified atom stereocenters. The highest BCUT2D eigenvalue weighted by Gasteiger charge is 2.15. The molecule has 0 spiro atoms. The zero-order valence-corrected chi connectivity index (χ0v) is 17.1. The second-order valence-corrected chi connectivity index (χ2v) is 7.67. The maximum atomic E-state index is 12.2. The van der Waals surface area contributed by atoms with Gasteiger partial charge in [0.05, 0.1) is 11.3 Å². The Morgan fingerprint density at radius 2 is 2.18 bits per heavy atom. The highest BCUT2D eigenvalue weighted by atomic mass is 32.2. The lowest BCUT2D eigenvalue weighted by molar-refractivity contribution is -0.113. The molecule has 0 atom stereocenters. The predicted octanol–water partition coefficient (Wildman–Crippen LogP) is 3.85. The summed E-state index contributed by atoms with van der Waals surface area (Å²) in [4.78, 5) is 12.2. The van der Waals surface area contributed by atoms with Crippen molar-refractivity contribution in [2.24, 2.45) is 0 Å². The molecule has 144 valence electrons. The molecule has 9 heteroatoms. The van der Waals surface area contributed by atoms with Crippen molar-refractivity contribution in [3.8, 4) is 11.8 Å². The summed E-state index contributed by atoms with van der Waals surface area (Å²) in [6.07, 6.45) is 0. The van der Waals surface area contributed by atoms with Crippen molar-refractivity contribution < 1.29 is 9.53 Å². The minimum atomic E-state index is -0.188. The smallest absolute Gasteiger partial charge is 0.235 e. The SMILES string of the molecule is CCn1c(COc2ccccc2C)nnc1SCC(=O)Nc1sccc1C#N. The Labute approximate surface area is 171 Å². The number of aromatic nitrogens is 3. The van der Waals surface area contributed by atoms with Gasteiger partial charge in [-0.1, -0.05) is 30.0 Å². The number of amides is 1. The number of hydrogen-bond acceptors (Lipinski definition) is 7. The second-order valence-electron chi connectivity index (χ2n) is 5.81. The number of carbonyl (C=O) groups excluding carboxylic acids is 1. The first-order chi connectivity index (χ1) is 13.6. The van der Waals surface area contributed by atoms with E-state index in [-0.39, 0.29) is 11.7 Å². The second kappa shape index (κ2) is 9.39. The van der Waals surface area contributed by atoms with Crippen molar-refractivity contribution in [1.29, 1.82) is 5.26 Å². The van der Waals surface area contributed by atoms with Crippen molar-refractivity contribution in [2.75, 3.05) is 11.1 Å². The van der Waals surface area contributed by atoms with E-state index in [0.29, 0.717) is 34.7 Å². The van der Waals surface area contributed by atoms with E-state index in [1.54, 1.807) is 11.4 Å². The molecule has 1 N–H and O–H groups in total. The summed E-state index contributed by atoms with van der Waals surface area (Å²) in [5.41, 5.74) is 1.53. The van der Waals surface area contributed by atoms with Crippen molar-refractivity contribution in [3.63, 3.8) is 0 Å². The minimum absolute atomic E-state index is 0.180. The first-order valence-corrected chi connectivity index (χ1v) is 10.5. The fourth-order valence-corrected chi connectivity index (χ4v) is 4.07. The molecule has 2 heterocycles. The molecule has 0 fully saturated rings. The van der Waals surface area contributed by atoms with Crippen molar-refractivity contribution in [3.05, 3.63) is 52.7 Å². The summed E-state index contributed by atoms with van der Waals surface area (Å²) < 4.78 is 7.79. The quantitative estimate of drug-likeness (QED) is 0.564. The van der Waals surface area contributed by atoms with Gasteiger partial charge in [0, 0.05) is 6.54 Å². The summed E-state index contributed by atoms with van der Waals surface area (Å²) >= 11 is 2.63. The third-order valence-electron chi connectivity index (χ3n) is 3.93. The molecule has 0 aliphatic rings. The highest BCUT2D eigenvalue weighted by molar-refractivity contribution is 7.99. The first kappa shape index (κ1) is 19.9. The molecular formula is C19H19N5O2S2. The van der Waals surface area contributed by atoms with Crippen LogP contribution < -0.4 is 10.1 Å². The molecule has 0 radical (unpaired) electrons. The normalized spacial score (nSPS) is 10.5. The molecule has 7 nitrogen and oxygen atoms in total. The topological polar surface area (TPSA) is 92.8 Å². The third kappa shape index (κ3) is 4.71. The molecule has 1 aromatic carbocycles. The number of hydrogen-bond donors (Lipinski definition) is 1. The number of thiophene rings is 1. The van der Waals surface area contributed by atoms with E-state index in [9.17, 15) is 4.79 Å². The number of ether oxygens (including phenoxy) is 1. The largest absolute Gasteiger partial charge is 0.485 e. The van der Waals surface area contributed by atoms with Crippen molar-refractivity contribution in [2.45, 2.75) is 32.2 Å². The first-order valence-electron chi connectivity index (χ1n) is 8.63. The average molecular weight is 414 g/mol. The van der Waals surface area contributed by atoms with Crippen LogP contribution in [-0.4, -0.2) is 26.4 Å². The molecular weight excluding hydrogens is 394 g/mol. The van der Waals surface area contributed by atoms with Crippen LogP contribution in [0.5, 0.6) is 5.75 Å². The van der Waals surface area contributed by atoms with E-state index >= 15 is 0 Å². The maximum Gasteiger partial charge on any atom is 0.235 e. The Balaban J connectivity index is 1.60. The fourth-order valence-electron chi connectivity index (χ4n) is 2.50. The summed E-state index contributed by atoms with van der Waals surface area (Å²) in [7, 11) is 0. The molecule has 28 heavy (non-hydrogen) atoms. The van der Waals surface area contributed by atoms with Gasteiger partial charge >= 0.3 is 0 Å². The minimum Gasteiger partial charge on any atom is -0.485 e. The van der Waals surface area contributed by atoms with Crippen LogP contribution in [0.1, 0.15) is 23.9 Å². The summed E-state index contributed by atoms with van der Waals surface area (Å²) in [5, 5.41) is 23.2. The van der Waals surface area contributed by atoms with Crippen LogP contribution in [0, 0.1) is 18.3 Å². The molecule has 3 aromatic rings. The average Bonchev–Trinajstić information content (AvgIpc) is 3.31. The molecule has 0 saturated heterocycles. The standard InChI is InChI=1S/C19H19N5O2S2/c1-3-24-16(11-26-15-7-5-4-6-13(15)2)22-23-19(24)28-12-17(25)21-18-14(10-20)8-9-27-18/h4-9H,3,11-12H2,1-2H3,(H,21,25). The van der Waals surface area contributed by atoms with E-state index in [0.717, 1.165) is 11.3 Å². The van der Waals surface area contributed by atoms with Gasteiger partial charge in [0.2, 0.25) is 5.91 Å². The Morgan fingerprint density at radius 1 is 1.36 bits per heavy atom. The van der Waals surface area contributed by atoms with Crippen LogP contribution in [0.4, 0.5) is 5.00 Å². The van der Waals surface area contributed by atoms with Crippen molar-refractivity contribution in [1.82, 2.24) is 14.8 Å². The van der Waals surface area contributed by atoms with Gasteiger partial charge < -0.3 is 14.6 Å². The van der Waals surface area contributed by atoms with E-state index in [2.05, 4.69) is 21.6 Å². The highest BCUT2D eigenvalue weighted by Crippen LogP contribution is 2.24. The van der Waals surface area contributed by atoms with Crippen LogP contribution in [0.3, 0.4) is 0 Å². The number of benzene rings is 1. The Hall–Kier alpha value is -2.83. The number of nitrogens with one attached hydrogen (secondary N) is 1. The molecule has 0 aliphatic heterocycles. The molecule has 0 bridgehead atoms. The fraction of sp³-hybridized carbons (Fsp3) is 0.263. The molecule has 3 rings (SSSR count). The van der Waals surface area contributed by atoms with Gasteiger partial charge in [0.25, 0.3) is 0 Å². The molecule has 1 amide bonds. The maximum absolute atomic E-state index is 12.2. The number of anilines is 1. The summed E-state index contributed by atoms with van der Waals surface area (Å²) in [6.45, 7) is 4.97. The van der Waals surface area contributed by atoms with Crippen LogP contribution >= 0.6 is 23.1 Å². The predicted molar refractivity (Wildman–Crippen MR) is 110 cm³/mol. The summed E-state index contributed by atoms with van der Waals surface area (Å²) in [6, 6.07) is 11.5. The zero-order chi connectivity index (χ0) is 19.9. The van der Waals surface area contributed by atoms with Gasteiger partial charge in [-0.05, 0) is 36.9 Å². The Morgan fingerprint density at radius 3 is 2.93 bits per heavy atom. The number of aryl methyl sites for hydroxylation is 1. The van der Waals surface area contributed by atoms with Crippen LogP contribution in [-0.2, 0) is 17.9 Å². The van der Waals surface area contributed by atoms with Crippen LogP contribution in [0.25, 0.3) is 0 Å². The van der Waals surface area contributed by atoms with Gasteiger partial charge in [-0.2, -0.15) is 5.26 Å². The lowest BCUT2D eigenvalue weighted by atomic mass is 10.2. The van der Waals surface area contributed by atoms with Gasteiger partial charge in [-0.15, -0.1) is 21.5 Å². The number of nitrogens with zero attached hydrogens (tertiary/aromatic N) is 4. The van der Waals surface area contributed by atoms with E-state index in [1.807, 2.05) is 42.7 Å². The lowest BCUT2D eigenvalue weighted by Gasteiger charge is -2.10. The number of para-hydroxylation sites is 1. The van der Waals surface area contributed by atoms with E-state index in [4.69, 9.17) is 10.00 Å². The molecule has 0 saturated carbocycles. The van der Waals surface area contributed by atoms with Gasteiger partial charge in [-0.25, -0.2) is 0 Å². The van der Waals surface area contributed by atoms with Gasteiger partial charge in [-0.3, -0.25) is 4.79 Å².